The Morgan fingerprint density at radius 3 is 2.52 bits per heavy atom. The fraction of sp³-hybridized carbons (Fsp3) is 0.133. The lowest BCUT2D eigenvalue weighted by Gasteiger charge is -2.08. The van der Waals surface area contributed by atoms with Crippen LogP contribution in [-0.2, 0) is 4.79 Å². The Hall–Kier alpha value is -1.78. The minimum atomic E-state index is -0.527. The van der Waals surface area contributed by atoms with Crippen molar-refractivity contribution in [1.29, 1.82) is 0 Å². The Morgan fingerprint density at radius 2 is 1.86 bits per heavy atom. The average Bonchev–Trinajstić information content (AvgIpc) is 2.45. The predicted octanol–water partition coefficient (Wildman–Crippen LogP) is 4.54. The summed E-state index contributed by atoms with van der Waals surface area (Å²) >= 11 is 11.4. The molecule has 0 fully saturated rings. The normalized spacial score (nSPS) is 10.2. The third-order valence-corrected chi connectivity index (χ3v) is 3.16. The van der Waals surface area contributed by atoms with E-state index in [4.69, 9.17) is 27.9 Å². The molecule has 6 heteroatoms. The van der Waals surface area contributed by atoms with E-state index >= 15 is 0 Å². The van der Waals surface area contributed by atoms with Crippen LogP contribution >= 0.6 is 23.2 Å². The molecule has 0 aliphatic rings. The van der Waals surface area contributed by atoms with Crippen LogP contribution in [0.4, 0.5) is 10.1 Å². The van der Waals surface area contributed by atoms with Crippen molar-refractivity contribution >= 4 is 34.8 Å². The van der Waals surface area contributed by atoms with Gasteiger partial charge >= 0.3 is 0 Å². The van der Waals surface area contributed by atoms with E-state index in [1.54, 1.807) is 24.3 Å². The predicted molar refractivity (Wildman–Crippen MR) is 81.6 cm³/mol. The molecule has 1 amide bonds. The summed E-state index contributed by atoms with van der Waals surface area (Å²) in [4.78, 5) is 11.7. The molecule has 0 bridgehead atoms. The van der Waals surface area contributed by atoms with Gasteiger partial charge in [-0.25, -0.2) is 4.39 Å². The van der Waals surface area contributed by atoms with Gasteiger partial charge in [0.05, 0.1) is 18.1 Å². The lowest BCUT2D eigenvalue weighted by molar-refractivity contribution is -0.116. The van der Waals surface area contributed by atoms with E-state index in [1.165, 1.54) is 18.2 Å². The maximum atomic E-state index is 13.0. The molecule has 2 aromatic carbocycles. The van der Waals surface area contributed by atoms with E-state index in [2.05, 4.69) is 5.32 Å². The summed E-state index contributed by atoms with van der Waals surface area (Å²) in [5.74, 6) is -0.135. The summed E-state index contributed by atoms with van der Waals surface area (Å²) in [5.41, 5.74) is 0.442. The SMILES string of the molecule is O=C(CCOc1ccc(Cl)cc1)Nc1ccc(F)c(Cl)c1. The number of ether oxygens (including phenoxy) is 1. The summed E-state index contributed by atoms with van der Waals surface area (Å²) in [7, 11) is 0. The largest absolute Gasteiger partial charge is 0.493 e. The second kappa shape index (κ2) is 7.29. The molecular formula is C15H12Cl2FNO2. The molecule has 2 rings (SSSR count). The van der Waals surface area contributed by atoms with E-state index in [1.807, 2.05) is 0 Å². The molecular weight excluding hydrogens is 316 g/mol. The summed E-state index contributed by atoms with van der Waals surface area (Å²) in [5, 5.41) is 3.20. The first-order chi connectivity index (χ1) is 10.0. The smallest absolute Gasteiger partial charge is 0.227 e. The molecule has 2 aromatic rings. The van der Waals surface area contributed by atoms with Gasteiger partial charge in [-0.05, 0) is 42.5 Å². The van der Waals surface area contributed by atoms with Gasteiger partial charge in [0.15, 0.2) is 0 Å². The zero-order chi connectivity index (χ0) is 15.2. The van der Waals surface area contributed by atoms with Gasteiger partial charge in [0.25, 0.3) is 0 Å². The third-order valence-electron chi connectivity index (χ3n) is 2.61. The first-order valence-electron chi connectivity index (χ1n) is 6.18. The van der Waals surface area contributed by atoms with E-state index in [9.17, 15) is 9.18 Å². The highest BCUT2D eigenvalue weighted by Gasteiger charge is 2.05. The van der Waals surface area contributed by atoms with Crippen LogP contribution in [-0.4, -0.2) is 12.5 Å². The number of nitrogens with one attached hydrogen (secondary N) is 1. The van der Waals surface area contributed by atoms with Gasteiger partial charge in [0, 0.05) is 10.7 Å². The Balaban J connectivity index is 1.79. The highest BCUT2D eigenvalue weighted by molar-refractivity contribution is 6.31. The van der Waals surface area contributed by atoms with E-state index in [-0.39, 0.29) is 24.0 Å². The van der Waals surface area contributed by atoms with Crippen LogP contribution in [0.1, 0.15) is 6.42 Å². The Morgan fingerprint density at radius 1 is 1.14 bits per heavy atom. The summed E-state index contributed by atoms with van der Waals surface area (Å²) in [6.07, 6.45) is 0.164. The maximum absolute atomic E-state index is 13.0. The lowest BCUT2D eigenvalue weighted by atomic mass is 10.3. The summed E-state index contributed by atoms with van der Waals surface area (Å²) in [6, 6.07) is 10.9. The standard InChI is InChI=1S/C15H12Cl2FNO2/c16-10-1-4-12(5-2-10)21-8-7-15(20)19-11-3-6-14(18)13(17)9-11/h1-6,9H,7-8H2,(H,19,20). The van der Waals surface area contributed by atoms with E-state index < -0.39 is 5.82 Å². The van der Waals surface area contributed by atoms with Crippen molar-refractivity contribution in [2.75, 3.05) is 11.9 Å². The molecule has 0 aliphatic carbocycles. The van der Waals surface area contributed by atoms with Crippen LogP contribution in [0.5, 0.6) is 5.75 Å². The minimum Gasteiger partial charge on any atom is -0.493 e. The lowest BCUT2D eigenvalue weighted by Crippen LogP contribution is -2.15. The number of hydrogen-bond acceptors (Lipinski definition) is 2. The van der Waals surface area contributed by atoms with Gasteiger partial charge in [-0.1, -0.05) is 23.2 Å². The van der Waals surface area contributed by atoms with Crippen molar-refractivity contribution in [2.45, 2.75) is 6.42 Å². The van der Waals surface area contributed by atoms with Gasteiger partial charge < -0.3 is 10.1 Å². The van der Waals surface area contributed by atoms with Crippen molar-refractivity contribution in [2.24, 2.45) is 0 Å². The zero-order valence-electron chi connectivity index (χ0n) is 10.9. The van der Waals surface area contributed by atoms with Gasteiger partial charge in [-0.15, -0.1) is 0 Å². The van der Waals surface area contributed by atoms with Crippen molar-refractivity contribution < 1.29 is 13.9 Å². The van der Waals surface area contributed by atoms with Crippen LogP contribution in [0.2, 0.25) is 10.0 Å². The molecule has 0 saturated heterocycles. The molecule has 3 nitrogen and oxygen atoms in total. The number of carbonyl (C=O) groups is 1. The number of carbonyl (C=O) groups excluding carboxylic acids is 1. The van der Waals surface area contributed by atoms with Gasteiger partial charge in [-0.3, -0.25) is 4.79 Å². The second-order valence-electron chi connectivity index (χ2n) is 4.23. The van der Waals surface area contributed by atoms with Crippen molar-refractivity contribution in [3.63, 3.8) is 0 Å². The molecule has 110 valence electrons. The molecule has 0 heterocycles. The molecule has 0 aromatic heterocycles. The van der Waals surface area contributed by atoms with Gasteiger partial charge in [0.1, 0.15) is 11.6 Å². The topological polar surface area (TPSA) is 38.3 Å². The maximum Gasteiger partial charge on any atom is 0.227 e. The van der Waals surface area contributed by atoms with Crippen molar-refractivity contribution in [3.8, 4) is 5.75 Å². The Kier molecular flexibility index (Phi) is 5.42. The molecule has 1 N–H and O–H groups in total. The third kappa shape index (κ3) is 4.92. The van der Waals surface area contributed by atoms with E-state index in [0.29, 0.717) is 16.5 Å². The molecule has 0 unspecified atom stereocenters. The van der Waals surface area contributed by atoms with Crippen LogP contribution in [0.15, 0.2) is 42.5 Å². The van der Waals surface area contributed by atoms with Crippen molar-refractivity contribution in [1.82, 2.24) is 0 Å². The average molecular weight is 328 g/mol. The van der Waals surface area contributed by atoms with Gasteiger partial charge in [0.2, 0.25) is 5.91 Å². The quantitative estimate of drug-likeness (QED) is 0.875. The first kappa shape index (κ1) is 15.6. The number of amides is 1. The monoisotopic (exact) mass is 327 g/mol. The number of anilines is 1. The fourth-order valence-corrected chi connectivity index (χ4v) is 1.90. The minimum absolute atomic E-state index is 0.0368. The molecule has 21 heavy (non-hydrogen) atoms. The van der Waals surface area contributed by atoms with Crippen LogP contribution in [0, 0.1) is 5.82 Å². The van der Waals surface area contributed by atoms with Crippen molar-refractivity contribution in [3.05, 3.63) is 58.3 Å². The summed E-state index contributed by atoms with van der Waals surface area (Å²) < 4.78 is 18.4. The fourth-order valence-electron chi connectivity index (χ4n) is 1.59. The molecule has 0 radical (unpaired) electrons. The Labute approximate surface area is 131 Å². The zero-order valence-corrected chi connectivity index (χ0v) is 12.4. The van der Waals surface area contributed by atoms with Crippen LogP contribution in [0.25, 0.3) is 0 Å². The highest BCUT2D eigenvalue weighted by atomic mass is 35.5. The molecule has 0 atom stereocenters. The van der Waals surface area contributed by atoms with Crippen LogP contribution < -0.4 is 10.1 Å². The first-order valence-corrected chi connectivity index (χ1v) is 6.93. The number of benzene rings is 2. The highest BCUT2D eigenvalue weighted by Crippen LogP contribution is 2.19. The van der Waals surface area contributed by atoms with Crippen LogP contribution in [0.3, 0.4) is 0 Å². The number of rotatable bonds is 5. The number of halogens is 3. The second-order valence-corrected chi connectivity index (χ2v) is 5.07. The molecule has 0 spiro atoms. The molecule has 0 saturated carbocycles. The summed E-state index contributed by atoms with van der Waals surface area (Å²) in [6.45, 7) is 0.225. The Bertz CT molecular complexity index is 632. The number of hydrogen-bond donors (Lipinski definition) is 1. The van der Waals surface area contributed by atoms with E-state index in [0.717, 1.165) is 0 Å². The van der Waals surface area contributed by atoms with Gasteiger partial charge in [-0.2, -0.15) is 0 Å². The molecule has 0 aliphatic heterocycles.